The van der Waals surface area contributed by atoms with Crippen LogP contribution in [0.4, 0.5) is 22.7 Å². The fraction of sp³-hybridized carbons (Fsp3) is 0. The predicted octanol–water partition coefficient (Wildman–Crippen LogP) is 4.75. The number of azo groups is 1. The molecule has 108 valence electrons. The lowest BCUT2D eigenvalue weighted by Crippen LogP contribution is -1.86. The molecule has 0 fully saturated rings. The van der Waals surface area contributed by atoms with E-state index in [2.05, 4.69) is 10.2 Å². The van der Waals surface area contributed by atoms with Crippen molar-refractivity contribution >= 4 is 33.5 Å². The van der Waals surface area contributed by atoms with Crippen LogP contribution in [0.2, 0.25) is 0 Å². The van der Waals surface area contributed by atoms with Crippen molar-refractivity contribution in [3.05, 3.63) is 70.8 Å². The number of non-ortho nitro benzene ring substituents is 1. The third-order valence-corrected chi connectivity index (χ3v) is 3.26. The summed E-state index contributed by atoms with van der Waals surface area (Å²) < 4.78 is 0. The fourth-order valence-corrected chi connectivity index (χ4v) is 2.13. The highest BCUT2D eigenvalue weighted by Gasteiger charge is 2.05. The van der Waals surface area contributed by atoms with Crippen LogP contribution in [0.25, 0.3) is 10.8 Å². The highest BCUT2D eigenvalue weighted by Crippen LogP contribution is 2.33. The first kappa shape index (κ1) is 13.7. The van der Waals surface area contributed by atoms with Gasteiger partial charge in [-0.15, -0.1) is 5.11 Å². The van der Waals surface area contributed by atoms with E-state index in [4.69, 9.17) is 5.73 Å². The van der Waals surface area contributed by atoms with Crippen molar-refractivity contribution in [3.63, 3.8) is 0 Å². The van der Waals surface area contributed by atoms with Crippen LogP contribution < -0.4 is 5.73 Å². The van der Waals surface area contributed by atoms with E-state index in [0.29, 0.717) is 17.1 Å². The number of nitrogen functional groups attached to an aromatic ring is 1. The van der Waals surface area contributed by atoms with Gasteiger partial charge in [-0.25, -0.2) is 0 Å². The largest absolute Gasteiger partial charge is 0.397 e. The molecule has 2 N–H and O–H groups in total. The number of fused-ring (bicyclic) bond motifs is 1. The average Bonchev–Trinajstić information content (AvgIpc) is 2.54. The summed E-state index contributed by atoms with van der Waals surface area (Å²) in [4.78, 5) is 10.2. The molecule has 0 aliphatic heterocycles. The van der Waals surface area contributed by atoms with Gasteiger partial charge in [-0.05, 0) is 23.6 Å². The van der Waals surface area contributed by atoms with E-state index >= 15 is 0 Å². The fourth-order valence-electron chi connectivity index (χ4n) is 2.13. The lowest BCUT2D eigenvalue weighted by molar-refractivity contribution is -0.384. The number of nitro benzene ring substituents is 1. The molecule has 0 aromatic heterocycles. The summed E-state index contributed by atoms with van der Waals surface area (Å²) in [6, 6.07) is 17.3. The minimum atomic E-state index is -0.455. The summed E-state index contributed by atoms with van der Waals surface area (Å²) in [5.41, 5.74) is 7.64. The smallest absolute Gasteiger partial charge is 0.269 e. The molecule has 0 aliphatic carbocycles. The van der Waals surface area contributed by atoms with E-state index in [0.717, 1.165) is 10.8 Å². The molecule has 0 bridgehead atoms. The highest BCUT2D eigenvalue weighted by molar-refractivity contribution is 5.97. The van der Waals surface area contributed by atoms with Crippen LogP contribution in [0.1, 0.15) is 0 Å². The number of hydrogen-bond acceptors (Lipinski definition) is 5. The van der Waals surface area contributed by atoms with Crippen LogP contribution in [0, 0.1) is 10.1 Å². The summed E-state index contributed by atoms with van der Waals surface area (Å²) in [5, 5.41) is 20.9. The molecule has 0 atom stereocenters. The highest BCUT2D eigenvalue weighted by atomic mass is 16.6. The van der Waals surface area contributed by atoms with Crippen molar-refractivity contribution in [1.82, 2.24) is 0 Å². The van der Waals surface area contributed by atoms with Crippen molar-refractivity contribution in [2.45, 2.75) is 0 Å². The van der Waals surface area contributed by atoms with E-state index < -0.39 is 4.92 Å². The number of nitrogens with two attached hydrogens (primary N) is 1. The van der Waals surface area contributed by atoms with Gasteiger partial charge in [0.05, 0.1) is 16.3 Å². The third-order valence-electron chi connectivity index (χ3n) is 3.26. The molecule has 0 saturated carbocycles. The van der Waals surface area contributed by atoms with E-state index in [-0.39, 0.29) is 5.69 Å². The Labute approximate surface area is 126 Å². The third kappa shape index (κ3) is 2.62. The molecule has 0 spiro atoms. The zero-order chi connectivity index (χ0) is 15.5. The number of benzene rings is 3. The van der Waals surface area contributed by atoms with Crippen LogP contribution in [-0.4, -0.2) is 4.92 Å². The Balaban J connectivity index is 1.98. The molecule has 3 aromatic rings. The van der Waals surface area contributed by atoms with Crippen LogP contribution in [0.3, 0.4) is 0 Å². The maximum atomic E-state index is 10.6. The first-order chi connectivity index (χ1) is 10.6. The summed E-state index contributed by atoms with van der Waals surface area (Å²) in [6.45, 7) is 0. The summed E-state index contributed by atoms with van der Waals surface area (Å²) >= 11 is 0. The lowest BCUT2D eigenvalue weighted by Gasteiger charge is -2.04. The Morgan fingerprint density at radius 2 is 1.64 bits per heavy atom. The molecule has 0 heterocycles. The molecule has 3 aromatic carbocycles. The van der Waals surface area contributed by atoms with Gasteiger partial charge in [-0.1, -0.05) is 30.3 Å². The predicted molar refractivity (Wildman–Crippen MR) is 85.6 cm³/mol. The van der Waals surface area contributed by atoms with Gasteiger partial charge >= 0.3 is 0 Å². The molecular weight excluding hydrogens is 280 g/mol. The topological polar surface area (TPSA) is 93.9 Å². The quantitative estimate of drug-likeness (QED) is 0.327. The number of hydrogen-bond donors (Lipinski definition) is 1. The molecule has 0 unspecified atom stereocenters. The minimum Gasteiger partial charge on any atom is -0.397 e. The molecule has 6 heteroatoms. The van der Waals surface area contributed by atoms with Gasteiger partial charge in [-0.2, -0.15) is 5.11 Å². The average molecular weight is 292 g/mol. The van der Waals surface area contributed by atoms with Crippen molar-refractivity contribution in [1.29, 1.82) is 0 Å². The van der Waals surface area contributed by atoms with Gasteiger partial charge in [0, 0.05) is 17.5 Å². The second-order valence-corrected chi connectivity index (χ2v) is 4.70. The van der Waals surface area contributed by atoms with Gasteiger partial charge in [0.25, 0.3) is 5.69 Å². The summed E-state index contributed by atoms with van der Waals surface area (Å²) in [7, 11) is 0. The molecule has 0 amide bonds. The molecule has 0 saturated heterocycles. The van der Waals surface area contributed by atoms with Crippen LogP contribution in [0.5, 0.6) is 0 Å². The molecule has 0 aliphatic rings. The SMILES string of the molecule is Nc1ccc2ccccc2c1/N=N/c1ccc([N+](=O)[O-])cc1. The lowest BCUT2D eigenvalue weighted by atomic mass is 10.1. The van der Waals surface area contributed by atoms with Crippen molar-refractivity contribution < 1.29 is 4.92 Å². The molecule has 0 radical (unpaired) electrons. The Hall–Kier alpha value is -3.28. The Kier molecular flexibility index (Phi) is 3.49. The minimum absolute atomic E-state index is 0.0172. The second kappa shape index (κ2) is 5.61. The number of nitro groups is 1. The van der Waals surface area contributed by atoms with Gasteiger partial charge in [0.2, 0.25) is 0 Å². The van der Waals surface area contributed by atoms with Crippen LogP contribution >= 0.6 is 0 Å². The molecular formula is C16H12N4O2. The van der Waals surface area contributed by atoms with Gasteiger partial charge < -0.3 is 5.73 Å². The standard InChI is InChI=1S/C16H12N4O2/c17-15-10-5-11-3-1-2-4-14(11)16(15)19-18-12-6-8-13(9-7-12)20(21)22/h1-10H,17H2/b19-18+. The Bertz CT molecular complexity index is 873. The van der Waals surface area contributed by atoms with Crippen molar-refractivity contribution in [2.24, 2.45) is 10.2 Å². The van der Waals surface area contributed by atoms with Crippen LogP contribution in [0.15, 0.2) is 70.9 Å². The van der Waals surface area contributed by atoms with Crippen LogP contribution in [-0.2, 0) is 0 Å². The maximum Gasteiger partial charge on any atom is 0.269 e. The molecule has 22 heavy (non-hydrogen) atoms. The van der Waals surface area contributed by atoms with Gasteiger partial charge in [-0.3, -0.25) is 10.1 Å². The van der Waals surface area contributed by atoms with Crippen molar-refractivity contribution in [2.75, 3.05) is 5.73 Å². The molecule has 6 nitrogen and oxygen atoms in total. The summed E-state index contributed by atoms with van der Waals surface area (Å²) in [6.07, 6.45) is 0. The first-order valence-electron chi connectivity index (χ1n) is 6.58. The Morgan fingerprint density at radius 3 is 2.36 bits per heavy atom. The van der Waals surface area contributed by atoms with Crippen molar-refractivity contribution in [3.8, 4) is 0 Å². The normalized spacial score (nSPS) is 11.1. The van der Waals surface area contributed by atoms with E-state index in [9.17, 15) is 10.1 Å². The molecule has 3 rings (SSSR count). The van der Waals surface area contributed by atoms with E-state index in [1.54, 1.807) is 18.2 Å². The zero-order valence-corrected chi connectivity index (χ0v) is 11.5. The summed E-state index contributed by atoms with van der Waals surface area (Å²) in [5.74, 6) is 0. The second-order valence-electron chi connectivity index (χ2n) is 4.70. The zero-order valence-electron chi connectivity index (χ0n) is 11.5. The monoisotopic (exact) mass is 292 g/mol. The van der Waals surface area contributed by atoms with Gasteiger partial charge in [0.15, 0.2) is 0 Å². The number of nitrogens with zero attached hydrogens (tertiary/aromatic N) is 3. The van der Waals surface area contributed by atoms with E-state index in [1.807, 2.05) is 30.3 Å². The number of rotatable bonds is 3. The maximum absolute atomic E-state index is 10.6. The van der Waals surface area contributed by atoms with Gasteiger partial charge in [0.1, 0.15) is 5.69 Å². The first-order valence-corrected chi connectivity index (χ1v) is 6.58. The number of anilines is 1. The Morgan fingerprint density at radius 1 is 0.909 bits per heavy atom. The van der Waals surface area contributed by atoms with E-state index in [1.165, 1.54) is 12.1 Å².